The van der Waals surface area contributed by atoms with Gasteiger partial charge in [-0.25, -0.2) is 8.78 Å². The molecule has 0 fully saturated rings. The fraction of sp³-hybridized carbons (Fsp3) is 0.385. The van der Waals surface area contributed by atoms with Crippen molar-refractivity contribution in [2.45, 2.75) is 25.4 Å². The summed E-state index contributed by atoms with van der Waals surface area (Å²) >= 11 is 0. The molecular weight excluding hydrogens is 222 g/mol. The second kappa shape index (κ2) is 6.33. The van der Waals surface area contributed by atoms with E-state index in [0.717, 1.165) is 5.56 Å². The first-order valence-corrected chi connectivity index (χ1v) is 5.38. The van der Waals surface area contributed by atoms with Crippen LogP contribution in [-0.2, 0) is 0 Å². The molecule has 0 bridgehead atoms. The Morgan fingerprint density at radius 1 is 1.29 bits per heavy atom. The summed E-state index contributed by atoms with van der Waals surface area (Å²) in [5.41, 5.74) is 6.50. The molecular formula is C13H16F2N2. The van der Waals surface area contributed by atoms with Crippen molar-refractivity contribution in [2.75, 3.05) is 6.54 Å². The summed E-state index contributed by atoms with van der Waals surface area (Å²) in [5.74, 6) is 2.54. The monoisotopic (exact) mass is 238 g/mol. The molecule has 0 amide bonds. The Kier molecular flexibility index (Phi) is 5.08. The van der Waals surface area contributed by atoms with Gasteiger partial charge in [0, 0.05) is 18.2 Å². The van der Waals surface area contributed by atoms with Crippen LogP contribution < -0.4 is 11.1 Å². The summed E-state index contributed by atoms with van der Waals surface area (Å²) in [4.78, 5) is 0. The molecule has 2 unspecified atom stereocenters. The number of benzene rings is 1. The molecule has 2 nitrogen and oxygen atoms in total. The maximum atomic E-state index is 12.4. The number of hydrogen-bond acceptors (Lipinski definition) is 2. The van der Waals surface area contributed by atoms with E-state index in [0.29, 0.717) is 6.54 Å². The number of rotatable bonds is 5. The fourth-order valence-corrected chi connectivity index (χ4v) is 1.52. The second-order valence-electron chi connectivity index (χ2n) is 3.81. The van der Waals surface area contributed by atoms with Crippen LogP contribution in [0.3, 0.4) is 0 Å². The summed E-state index contributed by atoms with van der Waals surface area (Å²) in [6.45, 7) is 2.20. The van der Waals surface area contributed by atoms with Crippen molar-refractivity contribution in [3.8, 4) is 12.3 Å². The molecule has 0 aliphatic carbocycles. The first kappa shape index (κ1) is 13.6. The zero-order chi connectivity index (χ0) is 12.8. The second-order valence-corrected chi connectivity index (χ2v) is 3.81. The van der Waals surface area contributed by atoms with E-state index < -0.39 is 6.43 Å². The zero-order valence-electron chi connectivity index (χ0n) is 9.66. The molecule has 1 aromatic rings. The predicted octanol–water partition coefficient (Wildman–Crippen LogP) is 2.24. The van der Waals surface area contributed by atoms with Gasteiger partial charge in [-0.15, -0.1) is 6.42 Å². The molecule has 0 aliphatic heterocycles. The topological polar surface area (TPSA) is 38.0 Å². The average Bonchev–Trinajstić information content (AvgIpc) is 2.35. The maximum absolute atomic E-state index is 12.4. The van der Waals surface area contributed by atoms with Crippen LogP contribution in [-0.4, -0.2) is 12.6 Å². The van der Waals surface area contributed by atoms with Crippen LogP contribution in [0.2, 0.25) is 0 Å². The lowest BCUT2D eigenvalue weighted by Crippen LogP contribution is -2.34. The minimum atomic E-state index is -2.45. The summed E-state index contributed by atoms with van der Waals surface area (Å²) in [6.07, 6.45) is 2.82. The third-order valence-corrected chi connectivity index (χ3v) is 2.53. The van der Waals surface area contributed by atoms with E-state index in [9.17, 15) is 8.78 Å². The van der Waals surface area contributed by atoms with Gasteiger partial charge < -0.3 is 5.73 Å². The van der Waals surface area contributed by atoms with E-state index in [1.54, 1.807) is 12.1 Å². The molecule has 2 atom stereocenters. The van der Waals surface area contributed by atoms with Gasteiger partial charge in [-0.3, -0.25) is 5.32 Å². The van der Waals surface area contributed by atoms with E-state index in [2.05, 4.69) is 11.2 Å². The highest BCUT2D eigenvalue weighted by atomic mass is 19.3. The van der Waals surface area contributed by atoms with Gasteiger partial charge in [0.1, 0.15) is 0 Å². The lowest BCUT2D eigenvalue weighted by Gasteiger charge is -2.19. The van der Waals surface area contributed by atoms with Crippen LogP contribution >= 0.6 is 0 Å². The number of nitrogens with one attached hydrogen (secondary N) is 1. The van der Waals surface area contributed by atoms with Gasteiger partial charge in [-0.05, 0) is 12.5 Å². The highest BCUT2D eigenvalue weighted by Crippen LogP contribution is 2.21. The van der Waals surface area contributed by atoms with Gasteiger partial charge in [-0.2, -0.15) is 0 Å². The Balaban J connectivity index is 2.79. The minimum Gasteiger partial charge on any atom is -0.329 e. The van der Waals surface area contributed by atoms with Gasteiger partial charge >= 0.3 is 0 Å². The van der Waals surface area contributed by atoms with Crippen molar-refractivity contribution in [1.29, 1.82) is 0 Å². The molecule has 0 aliphatic rings. The first-order valence-electron chi connectivity index (χ1n) is 5.38. The van der Waals surface area contributed by atoms with Crippen molar-refractivity contribution in [3.05, 3.63) is 35.4 Å². The first-order chi connectivity index (χ1) is 8.08. The van der Waals surface area contributed by atoms with Crippen molar-refractivity contribution in [3.63, 3.8) is 0 Å². The highest BCUT2D eigenvalue weighted by molar-refractivity contribution is 5.26. The van der Waals surface area contributed by atoms with E-state index in [-0.39, 0.29) is 17.6 Å². The largest absolute Gasteiger partial charge is 0.329 e. The lowest BCUT2D eigenvalue weighted by atomic mass is 10.0. The van der Waals surface area contributed by atoms with Gasteiger partial charge in [0.15, 0.2) is 0 Å². The standard InChI is InChI=1S/C13H16F2N2/c1-3-9(2)17-12(8-16)10-4-6-11(7-5-10)13(14)15/h1,4-7,9,12-13,17H,8,16H2,2H3. The molecule has 17 heavy (non-hydrogen) atoms. The molecule has 3 N–H and O–H groups in total. The van der Waals surface area contributed by atoms with Crippen LogP contribution in [0, 0.1) is 12.3 Å². The third-order valence-electron chi connectivity index (χ3n) is 2.53. The normalized spacial score (nSPS) is 14.4. The van der Waals surface area contributed by atoms with Crippen LogP contribution in [0.15, 0.2) is 24.3 Å². The molecule has 4 heteroatoms. The SMILES string of the molecule is C#CC(C)NC(CN)c1ccc(C(F)F)cc1. The van der Waals surface area contributed by atoms with Crippen LogP contribution in [0.1, 0.15) is 30.5 Å². The number of nitrogens with two attached hydrogens (primary N) is 1. The Labute approximate surface area is 100 Å². The number of halogens is 2. The van der Waals surface area contributed by atoms with Crippen LogP contribution in [0.5, 0.6) is 0 Å². The quantitative estimate of drug-likeness (QED) is 0.772. The average molecular weight is 238 g/mol. The van der Waals surface area contributed by atoms with Crippen molar-refractivity contribution in [2.24, 2.45) is 5.73 Å². The van der Waals surface area contributed by atoms with E-state index >= 15 is 0 Å². The molecule has 1 rings (SSSR count). The van der Waals surface area contributed by atoms with E-state index in [4.69, 9.17) is 12.2 Å². The predicted molar refractivity (Wildman–Crippen MR) is 64.6 cm³/mol. The highest BCUT2D eigenvalue weighted by Gasteiger charge is 2.13. The van der Waals surface area contributed by atoms with Gasteiger partial charge in [-0.1, -0.05) is 30.2 Å². The molecule has 0 radical (unpaired) electrons. The van der Waals surface area contributed by atoms with Crippen LogP contribution in [0.4, 0.5) is 8.78 Å². The third kappa shape index (κ3) is 3.81. The molecule has 0 aromatic heterocycles. The molecule has 1 aromatic carbocycles. The summed E-state index contributed by atoms with van der Waals surface area (Å²) in [6, 6.07) is 5.88. The molecule has 0 spiro atoms. The summed E-state index contributed by atoms with van der Waals surface area (Å²) < 4.78 is 24.8. The molecule has 92 valence electrons. The molecule has 0 saturated carbocycles. The molecule has 0 saturated heterocycles. The fourth-order valence-electron chi connectivity index (χ4n) is 1.52. The van der Waals surface area contributed by atoms with Gasteiger partial charge in [0.25, 0.3) is 6.43 Å². The number of hydrogen-bond donors (Lipinski definition) is 2. The van der Waals surface area contributed by atoms with Gasteiger partial charge in [0.05, 0.1) is 6.04 Å². The van der Waals surface area contributed by atoms with E-state index in [1.165, 1.54) is 12.1 Å². The maximum Gasteiger partial charge on any atom is 0.263 e. The Bertz CT molecular complexity index is 381. The van der Waals surface area contributed by atoms with Crippen molar-refractivity contribution in [1.82, 2.24) is 5.32 Å². The van der Waals surface area contributed by atoms with Crippen molar-refractivity contribution >= 4 is 0 Å². The van der Waals surface area contributed by atoms with Crippen molar-refractivity contribution < 1.29 is 8.78 Å². The number of alkyl halides is 2. The number of terminal acetylenes is 1. The minimum absolute atomic E-state index is 0.00881. The zero-order valence-corrected chi connectivity index (χ0v) is 9.66. The Morgan fingerprint density at radius 2 is 1.82 bits per heavy atom. The van der Waals surface area contributed by atoms with Gasteiger partial charge in [0.2, 0.25) is 0 Å². The summed E-state index contributed by atoms with van der Waals surface area (Å²) in [5, 5.41) is 3.13. The Hall–Kier alpha value is -1.44. The Morgan fingerprint density at radius 3 is 2.24 bits per heavy atom. The van der Waals surface area contributed by atoms with E-state index in [1.807, 2.05) is 6.92 Å². The molecule has 0 heterocycles. The lowest BCUT2D eigenvalue weighted by molar-refractivity contribution is 0.151. The smallest absolute Gasteiger partial charge is 0.263 e. The summed E-state index contributed by atoms with van der Waals surface area (Å²) in [7, 11) is 0. The van der Waals surface area contributed by atoms with Crippen LogP contribution in [0.25, 0.3) is 0 Å².